The second kappa shape index (κ2) is 2.56. The molecular formula is C12H11N. The maximum absolute atomic E-state index is 4.43. The van der Waals surface area contributed by atoms with Crippen LogP contribution in [0.15, 0.2) is 51.7 Å². The predicted octanol–water partition coefficient (Wildman–Crippen LogP) is 2.93. The summed E-state index contributed by atoms with van der Waals surface area (Å²) in [5.41, 5.74) is 5.58. The zero-order valence-corrected chi connectivity index (χ0v) is 7.46. The monoisotopic (exact) mass is 169 g/mol. The Balaban J connectivity index is 2.17. The number of hydrogen-bond donors (Lipinski definition) is 0. The van der Waals surface area contributed by atoms with Gasteiger partial charge >= 0.3 is 0 Å². The summed E-state index contributed by atoms with van der Waals surface area (Å²) in [7, 11) is 0. The van der Waals surface area contributed by atoms with Crippen LogP contribution in [0.4, 0.5) is 0 Å². The zero-order chi connectivity index (χ0) is 8.67. The highest BCUT2D eigenvalue weighted by Crippen LogP contribution is 2.39. The summed E-state index contributed by atoms with van der Waals surface area (Å²) in [4.78, 5) is 4.43. The molecule has 1 aliphatic heterocycles. The van der Waals surface area contributed by atoms with E-state index in [1.165, 1.54) is 28.8 Å². The van der Waals surface area contributed by atoms with Gasteiger partial charge in [-0.2, -0.15) is 0 Å². The van der Waals surface area contributed by atoms with Crippen molar-refractivity contribution >= 4 is 6.21 Å². The van der Waals surface area contributed by atoms with Gasteiger partial charge in [0, 0.05) is 6.21 Å². The fourth-order valence-electron chi connectivity index (χ4n) is 2.16. The molecule has 0 bridgehead atoms. The molecule has 0 fully saturated rings. The second-order valence-corrected chi connectivity index (χ2v) is 3.59. The average molecular weight is 169 g/mol. The van der Waals surface area contributed by atoms with E-state index < -0.39 is 0 Å². The van der Waals surface area contributed by atoms with Crippen LogP contribution in [0.2, 0.25) is 0 Å². The van der Waals surface area contributed by atoms with E-state index in [1.807, 2.05) is 6.21 Å². The van der Waals surface area contributed by atoms with Crippen LogP contribution in [0.1, 0.15) is 19.3 Å². The van der Waals surface area contributed by atoms with Crippen LogP contribution in [0.3, 0.4) is 0 Å². The van der Waals surface area contributed by atoms with Gasteiger partial charge in [-0.05, 0) is 42.1 Å². The van der Waals surface area contributed by atoms with Crippen molar-refractivity contribution < 1.29 is 0 Å². The lowest BCUT2D eigenvalue weighted by Crippen LogP contribution is -1.96. The molecule has 0 unspecified atom stereocenters. The molecular weight excluding hydrogens is 158 g/mol. The Labute approximate surface area is 77.9 Å². The molecule has 0 aromatic heterocycles. The normalized spacial score (nSPS) is 24.0. The fourth-order valence-corrected chi connectivity index (χ4v) is 2.16. The largest absolute Gasteiger partial charge is 0.261 e. The Morgan fingerprint density at radius 2 is 2.23 bits per heavy atom. The Hall–Kier alpha value is -1.37. The molecule has 0 atom stereocenters. The predicted molar refractivity (Wildman–Crippen MR) is 54.7 cm³/mol. The minimum Gasteiger partial charge on any atom is -0.261 e. The number of hydrogen-bond acceptors (Lipinski definition) is 1. The van der Waals surface area contributed by atoms with E-state index in [-0.39, 0.29) is 0 Å². The number of nitrogens with zero attached hydrogens (tertiary/aromatic N) is 1. The molecule has 0 spiro atoms. The van der Waals surface area contributed by atoms with Crippen LogP contribution in [0.25, 0.3) is 0 Å². The van der Waals surface area contributed by atoms with E-state index in [1.54, 1.807) is 0 Å². The number of fused-ring (bicyclic) bond motifs is 2. The summed E-state index contributed by atoms with van der Waals surface area (Å²) in [6, 6.07) is 0. The molecule has 1 nitrogen and oxygen atoms in total. The first-order valence-electron chi connectivity index (χ1n) is 4.79. The minimum absolute atomic E-state index is 1.09. The van der Waals surface area contributed by atoms with Gasteiger partial charge in [0.2, 0.25) is 0 Å². The topological polar surface area (TPSA) is 12.4 Å². The van der Waals surface area contributed by atoms with Crippen molar-refractivity contribution in [2.45, 2.75) is 19.3 Å². The third kappa shape index (κ3) is 0.966. The van der Waals surface area contributed by atoms with Crippen molar-refractivity contribution in [3.63, 3.8) is 0 Å². The maximum Gasteiger partial charge on any atom is 0.0666 e. The zero-order valence-electron chi connectivity index (χ0n) is 7.46. The SMILES string of the molecule is C1=CCC2=C3CCC=NC3=CC2=C1. The first kappa shape index (κ1) is 7.07. The van der Waals surface area contributed by atoms with Gasteiger partial charge in [-0.1, -0.05) is 18.2 Å². The third-order valence-electron chi connectivity index (χ3n) is 2.80. The Kier molecular flexibility index (Phi) is 1.39. The molecule has 0 aromatic rings. The molecule has 2 aliphatic carbocycles. The van der Waals surface area contributed by atoms with Crippen LogP contribution in [-0.4, -0.2) is 6.21 Å². The number of rotatable bonds is 0. The van der Waals surface area contributed by atoms with Gasteiger partial charge < -0.3 is 0 Å². The van der Waals surface area contributed by atoms with Crippen molar-refractivity contribution in [1.82, 2.24) is 0 Å². The first-order valence-corrected chi connectivity index (χ1v) is 4.79. The highest BCUT2D eigenvalue weighted by Gasteiger charge is 2.22. The number of aliphatic imine (C=N–C) groups is 1. The molecule has 0 N–H and O–H groups in total. The van der Waals surface area contributed by atoms with Crippen molar-refractivity contribution in [2.24, 2.45) is 4.99 Å². The molecule has 0 aromatic carbocycles. The highest BCUT2D eigenvalue weighted by molar-refractivity contribution is 5.70. The van der Waals surface area contributed by atoms with Gasteiger partial charge in [-0.25, -0.2) is 0 Å². The molecule has 13 heavy (non-hydrogen) atoms. The molecule has 0 radical (unpaired) electrons. The average Bonchev–Trinajstić information content (AvgIpc) is 2.56. The quantitative estimate of drug-likeness (QED) is 0.528. The van der Waals surface area contributed by atoms with Crippen LogP contribution in [-0.2, 0) is 0 Å². The lowest BCUT2D eigenvalue weighted by Gasteiger charge is -2.12. The summed E-state index contributed by atoms with van der Waals surface area (Å²) >= 11 is 0. The van der Waals surface area contributed by atoms with Crippen molar-refractivity contribution in [2.75, 3.05) is 0 Å². The van der Waals surface area contributed by atoms with Gasteiger partial charge in [0.25, 0.3) is 0 Å². The van der Waals surface area contributed by atoms with Crippen LogP contribution >= 0.6 is 0 Å². The van der Waals surface area contributed by atoms with Gasteiger partial charge in [0.15, 0.2) is 0 Å². The maximum atomic E-state index is 4.43. The Morgan fingerprint density at radius 3 is 3.23 bits per heavy atom. The van der Waals surface area contributed by atoms with Gasteiger partial charge in [-0.15, -0.1) is 0 Å². The van der Waals surface area contributed by atoms with E-state index in [2.05, 4.69) is 29.3 Å². The molecule has 0 saturated carbocycles. The van der Waals surface area contributed by atoms with Crippen molar-refractivity contribution in [3.8, 4) is 0 Å². The van der Waals surface area contributed by atoms with E-state index in [9.17, 15) is 0 Å². The summed E-state index contributed by atoms with van der Waals surface area (Å²) in [5.74, 6) is 0. The van der Waals surface area contributed by atoms with Gasteiger partial charge in [0.05, 0.1) is 5.70 Å². The number of allylic oxidation sites excluding steroid dienone is 7. The molecule has 1 heterocycles. The van der Waals surface area contributed by atoms with Gasteiger partial charge in [0.1, 0.15) is 0 Å². The Morgan fingerprint density at radius 1 is 1.23 bits per heavy atom. The van der Waals surface area contributed by atoms with Crippen molar-refractivity contribution in [1.29, 1.82) is 0 Å². The summed E-state index contributed by atoms with van der Waals surface area (Å²) < 4.78 is 0. The third-order valence-corrected chi connectivity index (χ3v) is 2.80. The summed E-state index contributed by atoms with van der Waals surface area (Å²) in [5, 5.41) is 0. The minimum atomic E-state index is 1.09. The molecule has 64 valence electrons. The van der Waals surface area contributed by atoms with E-state index in [0.717, 1.165) is 12.8 Å². The summed E-state index contributed by atoms with van der Waals surface area (Å²) in [6.07, 6.45) is 14.2. The van der Waals surface area contributed by atoms with Crippen LogP contribution in [0.5, 0.6) is 0 Å². The second-order valence-electron chi connectivity index (χ2n) is 3.59. The molecule has 3 aliphatic rings. The lowest BCUT2D eigenvalue weighted by molar-refractivity contribution is 0.972. The molecule has 0 amide bonds. The molecule has 3 rings (SSSR count). The highest BCUT2D eigenvalue weighted by atomic mass is 14.8. The summed E-state index contributed by atoms with van der Waals surface area (Å²) in [6.45, 7) is 0. The van der Waals surface area contributed by atoms with Crippen molar-refractivity contribution in [3.05, 3.63) is 46.7 Å². The Bertz CT molecular complexity index is 403. The smallest absolute Gasteiger partial charge is 0.0666 e. The van der Waals surface area contributed by atoms with Crippen LogP contribution < -0.4 is 0 Å². The molecule has 1 heteroatoms. The molecule has 0 saturated heterocycles. The van der Waals surface area contributed by atoms with Crippen LogP contribution in [0, 0.1) is 0 Å². The van der Waals surface area contributed by atoms with E-state index in [4.69, 9.17) is 0 Å². The van der Waals surface area contributed by atoms with E-state index in [0.29, 0.717) is 0 Å². The van der Waals surface area contributed by atoms with Gasteiger partial charge in [-0.3, -0.25) is 4.99 Å². The fraction of sp³-hybridized carbons (Fsp3) is 0.250. The van der Waals surface area contributed by atoms with E-state index >= 15 is 0 Å². The standard InChI is InChI=1S/C12H11N/c1-2-5-10-9(4-1)8-12-11(10)6-3-7-13-12/h1-2,4,7-8H,3,5-6H2. The lowest BCUT2D eigenvalue weighted by atomic mass is 9.96. The first-order chi connectivity index (χ1) is 6.45.